The van der Waals surface area contributed by atoms with Crippen LogP contribution in [0.15, 0.2) is 42.5 Å². The van der Waals surface area contributed by atoms with Crippen LogP contribution in [0.2, 0.25) is 0 Å². The number of anilines is 1. The quantitative estimate of drug-likeness (QED) is 0.306. The molecule has 0 N–H and O–H groups in total. The number of benzene rings is 2. The average molecular weight is 438 g/mol. The van der Waals surface area contributed by atoms with Crippen LogP contribution in [0.25, 0.3) is 16.3 Å². The molecule has 4 rings (SSSR count). The maximum Gasteiger partial charge on any atom is 0.270 e. The standard InChI is InChI=1S/C23H23N3O4S/c1-15-8-10-20-22(16(15)2)24-23(31-20)25(14-19-7-4-12-30-19)21(27)11-9-17-5-3-6-18(13-17)26(28)29/h3,5-6,8-11,13,19H,4,7,12,14H2,1-2H3/b11-9+. The van der Waals surface area contributed by atoms with Crippen LogP contribution in [0.5, 0.6) is 0 Å². The maximum absolute atomic E-state index is 13.2. The van der Waals surface area contributed by atoms with Crippen LogP contribution in [0.1, 0.15) is 29.5 Å². The topological polar surface area (TPSA) is 85.6 Å². The van der Waals surface area contributed by atoms with Gasteiger partial charge in [-0.25, -0.2) is 4.98 Å². The lowest BCUT2D eigenvalue weighted by Crippen LogP contribution is -2.36. The largest absolute Gasteiger partial charge is 0.376 e. The monoisotopic (exact) mass is 437 g/mol. The molecule has 1 fully saturated rings. The number of non-ortho nitro benzene ring substituents is 1. The summed E-state index contributed by atoms with van der Waals surface area (Å²) in [7, 11) is 0. The third-order valence-electron chi connectivity index (χ3n) is 5.48. The van der Waals surface area contributed by atoms with Gasteiger partial charge in [-0.15, -0.1) is 0 Å². The molecule has 0 saturated carbocycles. The molecule has 31 heavy (non-hydrogen) atoms. The van der Waals surface area contributed by atoms with E-state index in [1.54, 1.807) is 23.1 Å². The second kappa shape index (κ2) is 8.95. The van der Waals surface area contributed by atoms with Gasteiger partial charge in [0.2, 0.25) is 0 Å². The number of nitro groups is 1. The lowest BCUT2D eigenvalue weighted by atomic mass is 10.1. The SMILES string of the molecule is Cc1ccc2sc(N(CC3CCCO3)C(=O)/C=C/c3cccc([N+](=O)[O-])c3)nc2c1C. The van der Waals surface area contributed by atoms with Crippen LogP contribution in [0.4, 0.5) is 10.8 Å². The first-order chi connectivity index (χ1) is 14.9. The summed E-state index contributed by atoms with van der Waals surface area (Å²) < 4.78 is 6.79. The number of ether oxygens (including phenoxy) is 1. The molecule has 7 nitrogen and oxygen atoms in total. The number of nitrogens with zero attached hydrogens (tertiary/aromatic N) is 3. The third kappa shape index (κ3) is 4.65. The molecule has 1 atom stereocenters. The van der Waals surface area contributed by atoms with Crippen LogP contribution < -0.4 is 4.90 Å². The Kier molecular flexibility index (Phi) is 6.11. The van der Waals surface area contributed by atoms with E-state index in [4.69, 9.17) is 9.72 Å². The van der Waals surface area contributed by atoms with Crippen molar-refractivity contribution >= 4 is 44.4 Å². The van der Waals surface area contributed by atoms with E-state index in [-0.39, 0.29) is 17.7 Å². The van der Waals surface area contributed by atoms with Gasteiger partial charge in [-0.2, -0.15) is 0 Å². The molecule has 0 spiro atoms. The molecular formula is C23H23N3O4S. The molecule has 1 unspecified atom stereocenters. The van der Waals surface area contributed by atoms with Crippen molar-refractivity contribution in [1.29, 1.82) is 0 Å². The van der Waals surface area contributed by atoms with Gasteiger partial charge in [0, 0.05) is 24.8 Å². The molecular weight excluding hydrogens is 414 g/mol. The lowest BCUT2D eigenvalue weighted by molar-refractivity contribution is -0.384. The molecule has 0 bridgehead atoms. The van der Waals surface area contributed by atoms with E-state index in [0.29, 0.717) is 23.8 Å². The Hall–Kier alpha value is -3.10. The highest BCUT2D eigenvalue weighted by Gasteiger charge is 2.25. The molecule has 1 aliphatic heterocycles. The predicted octanol–water partition coefficient (Wildman–Crippen LogP) is 5.05. The number of thiazole rings is 1. The summed E-state index contributed by atoms with van der Waals surface area (Å²) in [5.74, 6) is -0.226. The number of amides is 1. The van der Waals surface area contributed by atoms with E-state index in [2.05, 4.69) is 6.07 Å². The van der Waals surface area contributed by atoms with Crippen LogP contribution in [-0.4, -0.2) is 35.1 Å². The van der Waals surface area contributed by atoms with Gasteiger partial charge in [-0.3, -0.25) is 19.8 Å². The third-order valence-corrected chi connectivity index (χ3v) is 6.52. The van der Waals surface area contributed by atoms with Crippen molar-refractivity contribution in [2.24, 2.45) is 0 Å². The number of carbonyl (C=O) groups is 1. The summed E-state index contributed by atoms with van der Waals surface area (Å²) in [4.78, 5) is 30.1. The zero-order valence-corrected chi connectivity index (χ0v) is 18.2. The van der Waals surface area contributed by atoms with E-state index in [0.717, 1.165) is 34.2 Å². The fraction of sp³-hybridized carbons (Fsp3) is 0.304. The van der Waals surface area contributed by atoms with Crippen molar-refractivity contribution in [2.75, 3.05) is 18.1 Å². The zero-order valence-electron chi connectivity index (χ0n) is 17.4. The number of fused-ring (bicyclic) bond motifs is 1. The van der Waals surface area contributed by atoms with E-state index >= 15 is 0 Å². The summed E-state index contributed by atoms with van der Waals surface area (Å²) in [5, 5.41) is 11.6. The van der Waals surface area contributed by atoms with Crippen molar-refractivity contribution in [3.63, 3.8) is 0 Å². The molecule has 2 heterocycles. The van der Waals surface area contributed by atoms with Gasteiger partial charge in [0.25, 0.3) is 11.6 Å². The summed E-state index contributed by atoms with van der Waals surface area (Å²) in [6.45, 7) is 5.21. The molecule has 0 radical (unpaired) electrons. The van der Waals surface area contributed by atoms with Crippen molar-refractivity contribution < 1.29 is 14.5 Å². The lowest BCUT2D eigenvalue weighted by Gasteiger charge is -2.21. The molecule has 1 aliphatic rings. The van der Waals surface area contributed by atoms with Crippen molar-refractivity contribution in [3.8, 4) is 0 Å². The smallest absolute Gasteiger partial charge is 0.270 e. The van der Waals surface area contributed by atoms with E-state index in [1.165, 1.54) is 29.5 Å². The summed E-state index contributed by atoms with van der Waals surface area (Å²) in [5.41, 5.74) is 3.76. The number of aryl methyl sites for hydroxylation is 2. The summed E-state index contributed by atoms with van der Waals surface area (Å²) >= 11 is 1.48. The van der Waals surface area contributed by atoms with Crippen LogP contribution in [0.3, 0.4) is 0 Å². The first kappa shape index (κ1) is 21.1. The molecule has 1 saturated heterocycles. The highest BCUT2D eigenvalue weighted by atomic mass is 32.1. The first-order valence-corrected chi connectivity index (χ1v) is 11.0. The summed E-state index contributed by atoms with van der Waals surface area (Å²) in [6, 6.07) is 10.3. The van der Waals surface area contributed by atoms with Crippen molar-refractivity contribution in [1.82, 2.24) is 4.98 Å². The van der Waals surface area contributed by atoms with E-state index in [1.807, 2.05) is 19.9 Å². The number of carbonyl (C=O) groups excluding carboxylic acids is 1. The Morgan fingerprint density at radius 3 is 2.94 bits per heavy atom. The Labute approximate surface area is 184 Å². The molecule has 1 aromatic heterocycles. The van der Waals surface area contributed by atoms with Gasteiger partial charge in [0.05, 0.1) is 27.8 Å². The van der Waals surface area contributed by atoms with Crippen LogP contribution >= 0.6 is 11.3 Å². The van der Waals surface area contributed by atoms with Crippen molar-refractivity contribution in [3.05, 3.63) is 69.3 Å². The van der Waals surface area contributed by atoms with Crippen LogP contribution in [0, 0.1) is 24.0 Å². The fourth-order valence-corrected chi connectivity index (χ4v) is 4.62. The zero-order chi connectivity index (χ0) is 22.0. The normalized spacial score (nSPS) is 16.3. The number of hydrogen-bond donors (Lipinski definition) is 0. The van der Waals surface area contributed by atoms with E-state index in [9.17, 15) is 14.9 Å². The molecule has 2 aromatic carbocycles. The first-order valence-electron chi connectivity index (χ1n) is 10.1. The molecule has 1 amide bonds. The minimum Gasteiger partial charge on any atom is -0.376 e. The van der Waals surface area contributed by atoms with Gasteiger partial charge in [0.15, 0.2) is 5.13 Å². The van der Waals surface area contributed by atoms with Crippen molar-refractivity contribution in [2.45, 2.75) is 32.8 Å². The van der Waals surface area contributed by atoms with Gasteiger partial charge in [0.1, 0.15) is 0 Å². The second-order valence-corrected chi connectivity index (χ2v) is 8.63. The predicted molar refractivity (Wildman–Crippen MR) is 123 cm³/mol. The summed E-state index contributed by atoms with van der Waals surface area (Å²) in [6.07, 6.45) is 4.90. The van der Waals surface area contributed by atoms with Gasteiger partial charge in [-0.05, 0) is 55.5 Å². The van der Waals surface area contributed by atoms with Gasteiger partial charge in [-0.1, -0.05) is 29.5 Å². The second-order valence-electron chi connectivity index (χ2n) is 7.62. The number of hydrogen-bond acceptors (Lipinski definition) is 6. The molecule has 3 aromatic rings. The Balaban J connectivity index is 1.64. The van der Waals surface area contributed by atoms with E-state index < -0.39 is 4.92 Å². The molecule has 8 heteroatoms. The Morgan fingerprint density at radius 2 is 2.19 bits per heavy atom. The fourth-order valence-electron chi connectivity index (χ4n) is 3.58. The number of aromatic nitrogens is 1. The van der Waals surface area contributed by atoms with Gasteiger partial charge >= 0.3 is 0 Å². The highest BCUT2D eigenvalue weighted by Crippen LogP contribution is 2.33. The Bertz CT molecular complexity index is 1160. The average Bonchev–Trinajstić information content (AvgIpc) is 3.43. The number of rotatable bonds is 6. The Morgan fingerprint density at radius 1 is 1.35 bits per heavy atom. The molecule has 0 aliphatic carbocycles. The highest BCUT2D eigenvalue weighted by molar-refractivity contribution is 7.22. The maximum atomic E-state index is 13.2. The minimum atomic E-state index is -0.450. The minimum absolute atomic E-state index is 0.0113. The number of nitro benzene ring substituents is 1. The van der Waals surface area contributed by atoms with Crippen LogP contribution in [-0.2, 0) is 9.53 Å². The molecule has 160 valence electrons. The van der Waals surface area contributed by atoms with Gasteiger partial charge < -0.3 is 4.74 Å².